The first-order chi connectivity index (χ1) is 14.2. The Hall–Kier alpha value is -2.99. The molecule has 0 atom stereocenters. The standard InChI is InChI=1S/C23H19NO4S/c25-22(9-8-21-24-18-6-1-2-7-20(18)29-21)27-13-16-12-23(26)28-19-11-15-5-3-4-14(15)10-17(16)19/h1-2,6-7,10-12H,3-5,8-9,13H2. The van der Waals surface area contributed by atoms with Crippen molar-refractivity contribution >= 4 is 38.5 Å². The molecule has 2 aromatic heterocycles. The molecule has 0 fully saturated rings. The molecular formula is C23H19NO4S. The van der Waals surface area contributed by atoms with E-state index in [2.05, 4.69) is 11.1 Å². The lowest BCUT2D eigenvalue weighted by Gasteiger charge is -2.09. The van der Waals surface area contributed by atoms with Crippen molar-refractivity contribution in [1.29, 1.82) is 0 Å². The van der Waals surface area contributed by atoms with Crippen LogP contribution >= 0.6 is 11.3 Å². The number of carbonyl (C=O) groups is 1. The SMILES string of the molecule is O=C(CCc1nc2ccccc2s1)OCc1cc(=O)oc2cc3c(cc12)CCC3. The molecule has 0 bridgehead atoms. The predicted octanol–water partition coefficient (Wildman–Crippen LogP) is 4.57. The highest BCUT2D eigenvalue weighted by Crippen LogP contribution is 2.29. The van der Waals surface area contributed by atoms with Gasteiger partial charge in [0, 0.05) is 23.4 Å². The van der Waals surface area contributed by atoms with Gasteiger partial charge in [-0.3, -0.25) is 4.79 Å². The van der Waals surface area contributed by atoms with Crippen LogP contribution in [0.3, 0.4) is 0 Å². The summed E-state index contributed by atoms with van der Waals surface area (Å²) in [6.07, 6.45) is 3.97. The molecule has 4 aromatic rings. The van der Waals surface area contributed by atoms with Crippen LogP contribution in [0, 0.1) is 0 Å². The first kappa shape index (κ1) is 18.1. The molecule has 0 radical (unpaired) electrons. The molecule has 0 saturated carbocycles. The average Bonchev–Trinajstić information content (AvgIpc) is 3.34. The third-order valence-corrected chi connectivity index (χ3v) is 6.41. The van der Waals surface area contributed by atoms with Crippen LogP contribution in [0.15, 0.2) is 51.7 Å². The Morgan fingerprint density at radius 3 is 2.83 bits per heavy atom. The van der Waals surface area contributed by atoms with Crippen LogP contribution in [0.5, 0.6) is 0 Å². The van der Waals surface area contributed by atoms with Gasteiger partial charge >= 0.3 is 11.6 Å². The van der Waals surface area contributed by atoms with E-state index in [-0.39, 0.29) is 19.0 Å². The second-order valence-electron chi connectivity index (χ2n) is 7.30. The van der Waals surface area contributed by atoms with E-state index in [1.807, 2.05) is 30.3 Å². The Labute approximate surface area is 171 Å². The van der Waals surface area contributed by atoms with Gasteiger partial charge in [-0.25, -0.2) is 9.78 Å². The molecule has 2 aromatic carbocycles. The van der Waals surface area contributed by atoms with E-state index in [0.717, 1.165) is 39.9 Å². The third kappa shape index (κ3) is 3.68. The molecule has 0 saturated heterocycles. The molecule has 29 heavy (non-hydrogen) atoms. The molecule has 1 aliphatic carbocycles. The van der Waals surface area contributed by atoms with Gasteiger partial charge in [0.05, 0.1) is 21.6 Å². The summed E-state index contributed by atoms with van der Waals surface area (Å²) >= 11 is 1.60. The Kier molecular flexibility index (Phi) is 4.64. The van der Waals surface area contributed by atoms with Crippen LogP contribution in [0.1, 0.15) is 34.5 Å². The average molecular weight is 405 g/mol. The molecule has 1 aliphatic rings. The number of aromatic nitrogens is 1. The maximum Gasteiger partial charge on any atom is 0.336 e. The van der Waals surface area contributed by atoms with Gasteiger partial charge in [0.2, 0.25) is 0 Å². The second kappa shape index (κ2) is 7.44. The van der Waals surface area contributed by atoms with Crippen molar-refractivity contribution in [3.63, 3.8) is 0 Å². The number of hydrogen-bond donors (Lipinski definition) is 0. The molecule has 146 valence electrons. The van der Waals surface area contributed by atoms with Crippen molar-refractivity contribution in [2.45, 2.75) is 38.7 Å². The maximum atomic E-state index is 12.3. The van der Waals surface area contributed by atoms with Crippen molar-refractivity contribution in [2.24, 2.45) is 0 Å². The highest BCUT2D eigenvalue weighted by atomic mass is 32.1. The van der Waals surface area contributed by atoms with Crippen LogP contribution in [-0.4, -0.2) is 11.0 Å². The molecule has 0 unspecified atom stereocenters. The number of benzene rings is 2. The summed E-state index contributed by atoms with van der Waals surface area (Å²) in [5, 5.41) is 1.77. The monoisotopic (exact) mass is 405 g/mol. The number of thiazole rings is 1. The summed E-state index contributed by atoms with van der Waals surface area (Å²) in [6, 6.07) is 13.4. The Morgan fingerprint density at radius 2 is 1.97 bits per heavy atom. The van der Waals surface area contributed by atoms with Crippen LogP contribution in [0.25, 0.3) is 21.2 Å². The number of nitrogens with zero attached hydrogens (tertiary/aromatic N) is 1. The Balaban J connectivity index is 1.28. The summed E-state index contributed by atoms with van der Waals surface area (Å²) in [5.74, 6) is -0.299. The molecule has 5 rings (SSSR count). The number of fused-ring (bicyclic) bond motifs is 3. The quantitative estimate of drug-likeness (QED) is 0.359. The number of esters is 1. The largest absolute Gasteiger partial charge is 0.461 e. The normalized spacial score (nSPS) is 13.1. The van der Waals surface area contributed by atoms with Crippen molar-refractivity contribution in [2.75, 3.05) is 0 Å². The van der Waals surface area contributed by atoms with E-state index in [1.165, 1.54) is 17.2 Å². The number of para-hydroxylation sites is 1. The minimum atomic E-state index is -0.420. The number of aryl methyl sites for hydroxylation is 3. The van der Waals surface area contributed by atoms with E-state index >= 15 is 0 Å². The first-order valence-corrected chi connectivity index (χ1v) is 10.6. The number of rotatable bonds is 5. The summed E-state index contributed by atoms with van der Waals surface area (Å²) in [6.45, 7) is 0.0690. The highest BCUT2D eigenvalue weighted by molar-refractivity contribution is 7.18. The Morgan fingerprint density at radius 1 is 1.14 bits per heavy atom. The fraction of sp³-hybridized carbons (Fsp3) is 0.261. The van der Waals surface area contributed by atoms with E-state index in [0.29, 0.717) is 17.6 Å². The van der Waals surface area contributed by atoms with E-state index in [1.54, 1.807) is 11.3 Å². The first-order valence-electron chi connectivity index (χ1n) is 9.74. The summed E-state index contributed by atoms with van der Waals surface area (Å²) in [5.41, 5.74) is 4.32. The van der Waals surface area contributed by atoms with Crippen LogP contribution in [-0.2, 0) is 35.4 Å². The predicted molar refractivity (Wildman–Crippen MR) is 112 cm³/mol. The molecule has 6 heteroatoms. The zero-order valence-corrected chi connectivity index (χ0v) is 16.6. The van der Waals surface area contributed by atoms with Crippen LogP contribution < -0.4 is 5.63 Å². The van der Waals surface area contributed by atoms with Gasteiger partial charge in [-0.05, 0) is 54.7 Å². The maximum absolute atomic E-state index is 12.3. The van der Waals surface area contributed by atoms with Crippen LogP contribution in [0.4, 0.5) is 0 Å². The van der Waals surface area contributed by atoms with Crippen molar-refractivity contribution in [3.8, 4) is 0 Å². The second-order valence-corrected chi connectivity index (χ2v) is 8.41. The van der Waals surface area contributed by atoms with Crippen molar-refractivity contribution in [1.82, 2.24) is 4.98 Å². The van der Waals surface area contributed by atoms with Gasteiger partial charge in [0.1, 0.15) is 12.2 Å². The molecule has 5 nitrogen and oxygen atoms in total. The zero-order valence-electron chi connectivity index (χ0n) is 15.8. The smallest absolute Gasteiger partial charge is 0.336 e. The summed E-state index contributed by atoms with van der Waals surface area (Å²) in [4.78, 5) is 28.7. The van der Waals surface area contributed by atoms with Crippen molar-refractivity contribution < 1.29 is 13.9 Å². The minimum Gasteiger partial charge on any atom is -0.461 e. The molecular weight excluding hydrogens is 386 g/mol. The highest BCUT2D eigenvalue weighted by Gasteiger charge is 2.16. The fourth-order valence-corrected chi connectivity index (χ4v) is 4.85. The molecule has 2 heterocycles. The lowest BCUT2D eigenvalue weighted by molar-refractivity contribution is -0.144. The van der Waals surface area contributed by atoms with E-state index in [4.69, 9.17) is 9.15 Å². The fourth-order valence-electron chi connectivity index (χ4n) is 3.88. The van der Waals surface area contributed by atoms with E-state index in [9.17, 15) is 9.59 Å². The lowest BCUT2D eigenvalue weighted by atomic mass is 10.0. The minimum absolute atomic E-state index is 0.0690. The third-order valence-electron chi connectivity index (χ3n) is 5.31. The molecule has 0 spiro atoms. The van der Waals surface area contributed by atoms with Crippen LogP contribution in [0.2, 0.25) is 0 Å². The molecule has 0 amide bonds. The van der Waals surface area contributed by atoms with Gasteiger partial charge in [-0.2, -0.15) is 0 Å². The Bertz CT molecular complexity index is 1250. The summed E-state index contributed by atoms with van der Waals surface area (Å²) < 4.78 is 11.9. The van der Waals surface area contributed by atoms with Gasteiger partial charge in [0.25, 0.3) is 0 Å². The van der Waals surface area contributed by atoms with Gasteiger partial charge in [-0.1, -0.05) is 12.1 Å². The lowest BCUT2D eigenvalue weighted by Crippen LogP contribution is -2.08. The topological polar surface area (TPSA) is 69.4 Å². The van der Waals surface area contributed by atoms with Gasteiger partial charge in [-0.15, -0.1) is 11.3 Å². The number of hydrogen-bond acceptors (Lipinski definition) is 6. The summed E-state index contributed by atoms with van der Waals surface area (Å²) in [7, 11) is 0. The number of ether oxygens (including phenoxy) is 1. The van der Waals surface area contributed by atoms with Gasteiger partial charge < -0.3 is 9.15 Å². The molecule has 0 N–H and O–H groups in total. The zero-order chi connectivity index (χ0) is 19.8. The van der Waals surface area contributed by atoms with Crippen molar-refractivity contribution in [3.05, 3.63) is 74.6 Å². The van der Waals surface area contributed by atoms with E-state index < -0.39 is 5.63 Å². The molecule has 0 aliphatic heterocycles. The number of carbonyl (C=O) groups excluding carboxylic acids is 1. The van der Waals surface area contributed by atoms with Gasteiger partial charge in [0.15, 0.2) is 0 Å².